The van der Waals surface area contributed by atoms with E-state index in [9.17, 15) is 4.79 Å². The zero-order valence-corrected chi connectivity index (χ0v) is 14.6. The number of aryl methyl sites for hydroxylation is 2. The molecule has 0 fully saturated rings. The van der Waals surface area contributed by atoms with E-state index in [4.69, 9.17) is 5.26 Å². The first-order valence-corrected chi connectivity index (χ1v) is 8.17. The van der Waals surface area contributed by atoms with Crippen molar-refractivity contribution in [1.82, 2.24) is 4.98 Å². The molecule has 1 aromatic heterocycles. The Hall–Kier alpha value is -3.65. The fourth-order valence-electron chi connectivity index (χ4n) is 2.41. The number of pyridine rings is 1. The van der Waals surface area contributed by atoms with E-state index in [0.717, 1.165) is 22.5 Å². The van der Waals surface area contributed by atoms with Crippen molar-refractivity contribution in [3.63, 3.8) is 0 Å². The van der Waals surface area contributed by atoms with Crippen LogP contribution in [0.15, 0.2) is 60.8 Å². The minimum absolute atomic E-state index is 0.187. The Morgan fingerprint density at radius 2 is 1.69 bits per heavy atom. The lowest BCUT2D eigenvalue weighted by atomic mass is 10.1. The van der Waals surface area contributed by atoms with Gasteiger partial charge >= 0.3 is 0 Å². The molecule has 3 aromatic rings. The van der Waals surface area contributed by atoms with E-state index in [1.54, 1.807) is 30.5 Å². The summed E-state index contributed by atoms with van der Waals surface area (Å²) in [4.78, 5) is 16.6. The van der Waals surface area contributed by atoms with Gasteiger partial charge in [0.25, 0.3) is 5.91 Å². The van der Waals surface area contributed by atoms with Crippen molar-refractivity contribution in [1.29, 1.82) is 5.26 Å². The molecule has 0 saturated heterocycles. The Morgan fingerprint density at radius 1 is 0.962 bits per heavy atom. The van der Waals surface area contributed by atoms with Crippen LogP contribution in [0.5, 0.6) is 0 Å². The van der Waals surface area contributed by atoms with Gasteiger partial charge in [0.2, 0.25) is 0 Å². The van der Waals surface area contributed by atoms with Crippen molar-refractivity contribution in [2.45, 2.75) is 13.8 Å². The topological polar surface area (TPSA) is 77.8 Å². The molecule has 0 unspecified atom stereocenters. The quantitative estimate of drug-likeness (QED) is 0.728. The Labute approximate surface area is 152 Å². The lowest BCUT2D eigenvalue weighted by Gasteiger charge is -2.09. The summed E-state index contributed by atoms with van der Waals surface area (Å²) < 4.78 is 0. The fourth-order valence-corrected chi connectivity index (χ4v) is 2.41. The molecule has 5 heteroatoms. The Kier molecular flexibility index (Phi) is 4.95. The van der Waals surface area contributed by atoms with Crippen LogP contribution in [-0.4, -0.2) is 10.9 Å². The molecule has 0 bridgehead atoms. The molecule has 0 radical (unpaired) electrons. The van der Waals surface area contributed by atoms with E-state index in [2.05, 4.69) is 21.7 Å². The second kappa shape index (κ2) is 7.49. The van der Waals surface area contributed by atoms with E-state index >= 15 is 0 Å². The maximum absolute atomic E-state index is 12.3. The van der Waals surface area contributed by atoms with Crippen LogP contribution in [0.1, 0.15) is 27.0 Å². The molecule has 0 atom stereocenters. The van der Waals surface area contributed by atoms with Crippen molar-refractivity contribution in [2.24, 2.45) is 0 Å². The first-order chi connectivity index (χ1) is 12.5. The number of hydrogen-bond acceptors (Lipinski definition) is 4. The number of nitrogens with zero attached hydrogens (tertiary/aromatic N) is 2. The number of carbonyl (C=O) groups excluding carboxylic acids is 1. The van der Waals surface area contributed by atoms with Gasteiger partial charge < -0.3 is 10.6 Å². The van der Waals surface area contributed by atoms with Gasteiger partial charge in [0.1, 0.15) is 5.82 Å². The summed E-state index contributed by atoms with van der Waals surface area (Å²) in [5.41, 5.74) is 5.09. The van der Waals surface area contributed by atoms with Crippen LogP contribution in [-0.2, 0) is 0 Å². The lowest BCUT2D eigenvalue weighted by Crippen LogP contribution is -2.13. The Balaban J connectivity index is 1.66. The normalized spacial score (nSPS) is 10.0. The number of nitrogens with one attached hydrogen (secondary N) is 2. The Morgan fingerprint density at radius 3 is 2.31 bits per heavy atom. The molecule has 26 heavy (non-hydrogen) atoms. The number of anilines is 3. The van der Waals surface area contributed by atoms with Crippen LogP contribution < -0.4 is 10.6 Å². The van der Waals surface area contributed by atoms with Gasteiger partial charge in [-0.1, -0.05) is 6.07 Å². The molecule has 0 aliphatic heterocycles. The first-order valence-electron chi connectivity index (χ1n) is 8.17. The maximum atomic E-state index is 12.3. The summed E-state index contributed by atoms with van der Waals surface area (Å²) >= 11 is 0. The summed E-state index contributed by atoms with van der Waals surface area (Å²) in [5.74, 6) is 0.298. The summed E-state index contributed by atoms with van der Waals surface area (Å²) in [6.07, 6.45) is 1.65. The predicted molar refractivity (Wildman–Crippen MR) is 103 cm³/mol. The fraction of sp³-hybridized carbons (Fsp3) is 0.0952. The van der Waals surface area contributed by atoms with Gasteiger partial charge in [0.15, 0.2) is 0 Å². The third kappa shape index (κ3) is 4.05. The van der Waals surface area contributed by atoms with Gasteiger partial charge in [-0.3, -0.25) is 4.79 Å². The van der Waals surface area contributed by atoms with E-state index in [1.165, 1.54) is 0 Å². The number of hydrogen-bond donors (Lipinski definition) is 2. The van der Waals surface area contributed by atoms with Crippen LogP contribution in [0.3, 0.4) is 0 Å². The second-order valence-corrected chi connectivity index (χ2v) is 6.00. The van der Waals surface area contributed by atoms with Gasteiger partial charge in [-0.25, -0.2) is 4.98 Å². The van der Waals surface area contributed by atoms with Crippen molar-refractivity contribution in [3.05, 3.63) is 83.0 Å². The standard InChI is InChI=1S/C21H18N4O/c1-14-3-6-17(11-15(14)2)21(26)25-20-10-9-19(13-23-20)24-18-7-4-16(12-22)5-8-18/h3-11,13,24H,1-2H3,(H,23,25,26). The van der Waals surface area contributed by atoms with Crippen molar-refractivity contribution in [2.75, 3.05) is 10.6 Å². The smallest absolute Gasteiger partial charge is 0.256 e. The molecule has 1 amide bonds. The minimum Gasteiger partial charge on any atom is -0.354 e. The van der Waals surface area contributed by atoms with Gasteiger partial charge in [-0.15, -0.1) is 0 Å². The SMILES string of the molecule is Cc1ccc(C(=O)Nc2ccc(Nc3ccc(C#N)cc3)cn2)cc1C. The first kappa shape index (κ1) is 17.2. The largest absolute Gasteiger partial charge is 0.354 e. The molecule has 1 heterocycles. The summed E-state index contributed by atoms with van der Waals surface area (Å²) in [6.45, 7) is 3.99. The third-order valence-corrected chi connectivity index (χ3v) is 4.08. The highest BCUT2D eigenvalue weighted by Crippen LogP contribution is 2.18. The van der Waals surface area contributed by atoms with Gasteiger partial charge in [-0.2, -0.15) is 5.26 Å². The molecule has 0 aliphatic carbocycles. The second-order valence-electron chi connectivity index (χ2n) is 6.00. The predicted octanol–water partition coefficient (Wildman–Crippen LogP) is 4.57. The Bertz CT molecular complexity index is 970. The van der Waals surface area contributed by atoms with Crippen LogP contribution in [0.25, 0.3) is 0 Å². The average molecular weight is 342 g/mol. The van der Waals surface area contributed by atoms with Crippen LogP contribution in [0, 0.1) is 25.2 Å². The number of rotatable bonds is 4. The lowest BCUT2D eigenvalue weighted by molar-refractivity contribution is 0.102. The average Bonchev–Trinajstić information content (AvgIpc) is 2.66. The molecule has 5 nitrogen and oxygen atoms in total. The highest BCUT2D eigenvalue weighted by molar-refractivity contribution is 6.03. The molecule has 0 aliphatic rings. The number of benzene rings is 2. The van der Waals surface area contributed by atoms with Gasteiger partial charge in [0.05, 0.1) is 23.5 Å². The van der Waals surface area contributed by atoms with Crippen molar-refractivity contribution >= 4 is 23.1 Å². The van der Waals surface area contributed by atoms with Gasteiger partial charge in [0, 0.05) is 11.3 Å². The summed E-state index contributed by atoms with van der Waals surface area (Å²) in [7, 11) is 0. The highest BCUT2D eigenvalue weighted by Gasteiger charge is 2.08. The molecular weight excluding hydrogens is 324 g/mol. The number of nitriles is 1. The third-order valence-electron chi connectivity index (χ3n) is 4.08. The highest BCUT2D eigenvalue weighted by atomic mass is 16.1. The number of carbonyl (C=O) groups is 1. The van der Waals surface area contributed by atoms with E-state index in [-0.39, 0.29) is 5.91 Å². The van der Waals surface area contributed by atoms with Gasteiger partial charge in [-0.05, 0) is 73.5 Å². The monoisotopic (exact) mass is 342 g/mol. The maximum Gasteiger partial charge on any atom is 0.256 e. The van der Waals surface area contributed by atoms with E-state index in [1.807, 2.05) is 44.2 Å². The summed E-state index contributed by atoms with van der Waals surface area (Å²) in [6, 6.07) is 18.4. The molecule has 128 valence electrons. The minimum atomic E-state index is -0.187. The zero-order chi connectivity index (χ0) is 18.5. The number of amides is 1. The zero-order valence-electron chi connectivity index (χ0n) is 14.6. The van der Waals surface area contributed by atoms with Crippen LogP contribution in [0.2, 0.25) is 0 Å². The molecule has 0 spiro atoms. The van der Waals surface area contributed by atoms with Crippen molar-refractivity contribution < 1.29 is 4.79 Å². The van der Waals surface area contributed by atoms with Crippen LogP contribution >= 0.6 is 0 Å². The van der Waals surface area contributed by atoms with Crippen molar-refractivity contribution in [3.8, 4) is 6.07 Å². The molecule has 3 rings (SSSR count). The van der Waals surface area contributed by atoms with E-state index < -0.39 is 0 Å². The summed E-state index contributed by atoms with van der Waals surface area (Å²) in [5, 5.41) is 14.8. The molecule has 2 aromatic carbocycles. The van der Waals surface area contributed by atoms with E-state index in [0.29, 0.717) is 16.9 Å². The number of aromatic nitrogens is 1. The molecular formula is C21H18N4O. The molecule has 0 saturated carbocycles. The molecule has 2 N–H and O–H groups in total. The van der Waals surface area contributed by atoms with Crippen LogP contribution in [0.4, 0.5) is 17.2 Å².